The first-order valence-electron chi connectivity index (χ1n) is 10.0. The summed E-state index contributed by atoms with van der Waals surface area (Å²) in [6.45, 7) is 0.320. The monoisotopic (exact) mass is 493 g/mol. The summed E-state index contributed by atoms with van der Waals surface area (Å²) in [7, 11) is 0. The van der Waals surface area contributed by atoms with Crippen molar-refractivity contribution in [1.29, 1.82) is 0 Å². The number of carbonyl (C=O) groups is 1. The molecule has 0 N–H and O–H groups in total. The van der Waals surface area contributed by atoms with Crippen LogP contribution in [0.2, 0.25) is 10.0 Å². The number of amides is 1. The Balaban J connectivity index is 1.67. The average molecular weight is 494 g/mol. The van der Waals surface area contributed by atoms with Gasteiger partial charge >= 0.3 is 6.18 Å². The van der Waals surface area contributed by atoms with Crippen LogP contribution in [0.3, 0.4) is 0 Å². The molecular formula is C23H16Cl2F3N3O2. The van der Waals surface area contributed by atoms with Crippen molar-refractivity contribution in [3.05, 3.63) is 80.6 Å². The number of hydrogen-bond acceptors (Lipinski definition) is 3. The van der Waals surface area contributed by atoms with Crippen molar-refractivity contribution in [3.63, 3.8) is 0 Å². The number of benzene rings is 2. The van der Waals surface area contributed by atoms with Crippen LogP contribution in [0.25, 0.3) is 17.3 Å². The Hall–Kier alpha value is -2.81. The van der Waals surface area contributed by atoms with Gasteiger partial charge in [-0.3, -0.25) is 9.69 Å². The van der Waals surface area contributed by atoms with Crippen molar-refractivity contribution in [2.24, 2.45) is 0 Å². The van der Waals surface area contributed by atoms with Gasteiger partial charge in [0.05, 0.1) is 16.9 Å². The molecular weight excluding hydrogens is 478 g/mol. The molecule has 0 atom stereocenters. The zero-order valence-corrected chi connectivity index (χ0v) is 18.5. The number of allylic oxidation sites excluding steroid dienone is 1. The van der Waals surface area contributed by atoms with Crippen molar-refractivity contribution >= 4 is 40.8 Å². The van der Waals surface area contributed by atoms with E-state index in [-0.39, 0.29) is 30.8 Å². The molecule has 2 heterocycles. The van der Waals surface area contributed by atoms with Crippen LogP contribution in [0.1, 0.15) is 39.3 Å². The Morgan fingerprint density at radius 3 is 2.55 bits per heavy atom. The summed E-state index contributed by atoms with van der Waals surface area (Å²) in [5.41, 5.74) is 2.47. The molecule has 1 aliphatic carbocycles. The topological polar surface area (TPSA) is 47.4 Å². The predicted molar refractivity (Wildman–Crippen MR) is 118 cm³/mol. The maximum absolute atomic E-state index is 13.4. The predicted octanol–water partition coefficient (Wildman–Crippen LogP) is 6.07. The van der Waals surface area contributed by atoms with Gasteiger partial charge in [0.15, 0.2) is 5.69 Å². The van der Waals surface area contributed by atoms with Gasteiger partial charge in [-0.05, 0) is 60.4 Å². The quantitative estimate of drug-likeness (QED) is 0.444. The second-order valence-corrected chi connectivity index (χ2v) is 8.62. The highest BCUT2D eigenvalue weighted by Crippen LogP contribution is 2.39. The van der Waals surface area contributed by atoms with Crippen LogP contribution < -0.4 is 0 Å². The van der Waals surface area contributed by atoms with Crippen LogP contribution in [0.15, 0.2) is 42.5 Å². The number of halogens is 5. The molecule has 5 nitrogen and oxygen atoms in total. The number of aromatic nitrogens is 2. The molecule has 1 fully saturated rings. The second-order valence-electron chi connectivity index (χ2n) is 7.78. The van der Waals surface area contributed by atoms with Crippen LogP contribution in [0, 0.1) is 0 Å². The van der Waals surface area contributed by atoms with Crippen LogP contribution in [-0.2, 0) is 17.3 Å². The molecule has 2 aromatic carbocycles. The van der Waals surface area contributed by atoms with Crippen molar-refractivity contribution in [2.75, 3.05) is 13.5 Å². The van der Waals surface area contributed by atoms with Crippen LogP contribution >= 0.6 is 23.2 Å². The average Bonchev–Trinajstić information content (AvgIpc) is 3.29. The van der Waals surface area contributed by atoms with E-state index >= 15 is 0 Å². The number of carbonyl (C=O) groups excluding carboxylic acids is 1. The maximum Gasteiger partial charge on any atom is 0.416 e. The molecule has 170 valence electrons. The Bertz CT molecular complexity index is 1300. The summed E-state index contributed by atoms with van der Waals surface area (Å²) < 4.78 is 46.5. The lowest BCUT2D eigenvalue weighted by Crippen LogP contribution is -2.44. The van der Waals surface area contributed by atoms with Gasteiger partial charge in [-0.15, -0.1) is 0 Å². The van der Waals surface area contributed by atoms with Gasteiger partial charge in [-0.25, -0.2) is 4.68 Å². The number of rotatable bonds is 3. The van der Waals surface area contributed by atoms with E-state index in [9.17, 15) is 18.0 Å². The molecule has 1 amide bonds. The SMILES string of the molecule is O=C(c1nn(-c2cccc(C(F)(F)F)c2)c2c1CC/C2=C\c1ccc(Cl)cc1Cl)N1COC1. The van der Waals surface area contributed by atoms with Gasteiger partial charge in [0.1, 0.15) is 13.5 Å². The zero-order chi connectivity index (χ0) is 23.3. The molecule has 1 aromatic heterocycles. The number of alkyl halides is 3. The summed E-state index contributed by atoms with van der Waals surface area (Å²) in [6.07, 6.45) is -1.53. The highest BCUT2D eigenvalue weighted by molar-refractivity contribution is 6.35. The number of nitrogens with zero attached hydrogens (tertiary/aromatic N) is 3. The maximum atomic E-state index is 13.4. The summed E-state index contributed by atoms with van der Waals surface area (Å²) in [5, 5.41) is 5.40. The Morgan fingerprint density at radius 1 is 1.09 bits per heavy atom. The van der Waals surface area contributed by atoms with Gasteiger partial charge in [0, 0.05) is 15.6 Å². The molecule has 5 rings (SSSR count). The first kappa shape index (κ1) is 22.0. The fourth-order valence-corrected chi connectivity index (χ4v) is 4.43. The molecule has 1 aliphatic heterocycles. The van der Waals surface area contributed by atoms with Crippen molar-refractivity contribution in [1.82, 2.24) is 14.7 Å². The van der Waals surface area contributed by atoms with Crippen LogP contribution in [0.4, 0.5) is 13.2 Å². The fraction of sp³-hybridized carbons (Fsp3) is 0.217. The molecule has 0 saturated carbocycles. The Labute approximate surface area is 197 Å². The van der Waals surface area contributed by atoms with E-state index in [1.165, 1.54) is 21.7 Å². The van der Waals surface area contributed by atoms with Gasteiger partial charge in [-0.2, -0.15) is 18.3 Å². The Kier molecular flexibility index (Phi) is 5.47. The van der Waals surface area contributed by atoms with E-state index in [0.29, 0.717) is 39.7 Å². The number of fused-ring (bicyclic) bond motifs is 1. The molecule has 0 bridgehead atoms. The highest BCUT2D eigenvalue weighted by atomic mass is 35.5. The van der Waals surface area contributed by atoms with Gasteiger partial charge in [0.25, 0.3) is 5.91 Å². The van der Waals surface area contributed by atoms with Gasteiger partial charge in [-0.1, -0.05) is 35.3 Å². The first-order chi connectivity index (χ1) is 15.7. The first-order valence-corrected chi connectivity index (χ1v) is 10.8. The molecule has 2 aliphatic rings. The van der Waals surface area contributed by atoms with Crippen molar-refractivity contribution in [2.45, 2.75) is 19.0 Å². The highest BCUT2D eigenvalue weighted by Gasteiger charge is 2.35. The minimum atomic E-state index is -4.50. The van der Waals surface area contributed by atoms with E-state index in [2.05, 4.69) is 5.10 Å². The molecule has 33 heavy (non-hydrogen) atoms. The van der Waals surface area contributed by atoms with E-state index < -0.39 is 11.7 Å². The van der Waals surface area contributed by atoms with E-state index in [0.717, 1.165) is 17.7 Å². The molecule has 0 radical (unpaired) electrons. The lowest BCUT2D eigenvalue weighted by atomic mass is 10.1. The molecule has 0 unspecified atom stereocenters. The fourth-order valence-electron chi connectivity index (χ4n) is 3.96. The number of hydrogen-bond donors (Lipinski definition) is 0. The summed E-state index contributed by atoms with van der Waals surface area (Å²) >= 11 is 12.3. The van der Waals surface area contributed by atoms with Crippen LogP contribution in [0.5, 0.6) is 0 Å². The number of ether oxygens (including phenoxy) is 1. The van der Waals surface area contributed by atoms with E-state index in [1.807, 2.05) is 6.08 Å². The molecule has 10 heteroatoms. The largest absolute Gasteiger partial charge is 0.416 e. The van der Waals surface area contributed by atoms with Crippen LogP contribution in [-0.4, -0.2) is 34.0 Å². The zero-order valence-electron chi connectivity index (χ0n) is 17.0. The second kappa shape index (κ2) is 8.20. The summed E-state index contributed by atoms with van der Waals surface area (Å²) in [6, 6.07) is 9.98. The third kappa shape index (κ3) is 4.03. The molecule has 3 aromatic rings. The minimum Gasteiger partial charge on any atom is -0.340 e. The third-order valence-electron chi connectivity index (χ3n) is 5.63. The smallest absolute Gasteiger partial charge is 0.340 e. The third-order valence-corrected chi connectivity index (χ3v) is 6.19. The van der Waals surface area contributed by atoms with Gasteiger partial charge in [0.2, 0.25) is 0 Å². The Morgan fingerprint density at radius 2 is 1.88 bits per heavy atom. The van der Waals surface area contributed by atoms with Gasteiger partial charge < -0.3 is 4.74 Å². The normalized spacial score (nSPS) is 16.8. The van der Waals surface area contributed by atoms with Crippen molar-refractivity contribution < 1.29 is 22.7 Å². The lowest BCUT2D eigenvalue weighted by molar-refractivity contribution is -0.137. The lowest BCUT2D eigenvalue weighted by Gasteiger charge is -2.30. The summed E-state index contributed by atoms with van der Waals surface area (Å²) in [4.78, 5) is 14.4. The van der Waals surface area contributed by atoms with E-state index in [1.54, 1.807) is 18.2 Å². The molecule has 1 saturated heterocycles. The van der Waals surface area contributed by atoms with Crippen molar-refractivity contribution in [3.8, 4) is 5.69 Å². The minimum absolute atomic E-state index is 0.160. The summed E-state index contributed by atoms with van der Waals surface area (Å²) in [5.74, 6) is -0.311. The van der Waals surface area contributed by atoms with E-state index in [4.69, 9.17) is 27.9 Å². The molecule has 0 spiro atoms. The standard InChI is InChI=1S/C23H16Cl2F3N3O2/c24-16-6-4-13(19(25)10-16)8-14-5-7-18-20(22(32)30-11-33-12-30)29-31(21(14)18)17-3-1-2-15(9-17)23(26,27)28/h1-4,6,8-10H,5,7,11-12H2/b14-8+.